The number of Topliss-reactive ketones (excluding diaryl/α,β-unsaturated/α-hetero) is 1. The lowest BCUT2D eigenvalue weighted by atomic mass is 9.99. The zero-order valence-corrected chi connectivity index (χ0v) is 23.2. The van der Waals surface area contributed by atoms with Crippen molar-refractivity contribution in [3.05, 3.63) is 117 Å². The van der Waals surface area contributed by atoms with Crippen LogP contribution in [0.1, 0.15) is 38.0 Å². The minimum Gasteiger partial charge on any atom is -0.507 e. The number of nitrogens with zero attached hydrogens (tertiary/aromatic N) is 2. The van der Waals surface area contributed by atoms with Crippen LogP contribution in [-0.2, 0) is 16.2 Å². The zero-order valence-electron chi connectivity index (χ0n) is 21.6. The van der Waals surface area contributed by atoms with Gasteiger partial charge in [0.1, 0.15) is 24.2 Å². The Hall–Kier alpha value is -4.80. The molecule has 2 N–H and O–H groups in total. The molecule has 3 aromatic carbocycles. The molecule has 1 aliphatic rings. The highest BCUT2D eigenvalue weighted by molar-refractivity contribution is 7.22. The van der Waals surface area contributed by atoms with Crippen LogP contribution in [0, 0.1) is 6.92 Å². The molecule has 3 heterocycles. The molecule has 2 aromatic heterocycles. The molecule has 10 heteroatoms. The second-order valence-corrected chi connectivity index (χ2v) is 11.4. The van der Waals surface area contributed by atoms with Crippen molar-refractivity contribution in [2.24, 2.45) is 0 Å². The van der Waals surface area contributed by atoms with Crippen LogP contribution in [0.4, 0.5) is 5.13 Å². The van der Waals surface area contributed by atoms with Crippen LogP contribution in [0.5, 0.6) is 5.75 Å². The van der Waals surface area contributed by atoms with E-state index in [1.165, 1.54) is 28.4 Å². The van der Waals surface area contributed by atoms with Gasteiger partial charge >= 0.3 is 11.9 Å². The summed E-state index contributed by atoms with van der Waals surface area (Å²) in [4.78, 5) is 44.8. The fourth-order valence-electron chi connectivity index (χ4n) is 4.74. The van der Waals surface area contributed by atoms with E-state index in [1.54, 1.807) is 36.4 Å². The van der Waals surface area contributed by atoms with Crippen molar-refractivity contribution in [1.29, 1.82) is 0 Å². The van der Waals surface area contributed by atoms with E-state index in [-0.39, 0.29) is 22.0 Å². The maximum absolute atomic E-state index is 13.4. The van der Waals surface area contributed by atoms with E-state index in [2.05, 4.69) is 4.98 Å². The van der Waals surface area contributed by atoms with Gasteiger partial charge in [-0.2, -0.15) is 0 Å². The molecule has 0 radical (unpaired) electrons. The summed E-state index contributed by atoms with van der Waals surface area (Å²) in [6.45, 7) is 2.23. The van der Waals surface area contributed by atoms with Gasteiger partial charge in [-0.1, -0.05) is 47.7 Å². The number of aryl methyl sites for hydroxylation is 1. The van der Waals surface area contributed by atoms with E-state index in [9.17, 15) is 24.6 Å². The van der Waals surface area contributed by atoms with Crippen molar-refractivity contribution in [3.63, 3.8) is 0 Å². The number of amides is 1. The molecule has 0 aliphatic carbocycles. The molecule has 6 rings (SSSR count). The number of anilines is 1. The number of thiazole rings is 1. The number of thiophene rings is 1. The largest absolute Gasteiger partial charge is 0.507 e. The van der Waals surface area contributed by atoms with Crippen LogP contribution in [0.2, 0.25) is 0 Å². The number of ketones is 1. The van der Waals surface area contributed by atoms with Crippen LogP contribution < -0.4 is 9.64 Å². The number of aliphatic hydroxyl groups excluding tert-OH is 1. The first-order valence-electron chi connectivity index (χ1n) is 12.6. The second kappa shape index (κ2) is 10.6. The predicted molar refractivity (Wildman–Crippen MR) is 158 cm³/mol. The van der Waals surface area contributed by atoms with E-state index in [4.69, 9.17) is 4.74 Å². The number of aromatic carboxylic acids is 1. The number of carboxylic acids is 1. The molecule has 0 spiro atoms. The standard InChI is InChI=1S/C31H22N2O6S2/c1-17-14-19(10-12-22(17)39-16-18-6-3-2-4-7-18)27(34)25-26(23-8-5-13-40-23)33(29(36)28(25)35)31-32-21-11-9-20(30(37)38)15-24(21)41-31/h2-15,26,34H,16H2,1H3,(H,37,38)/b27-25+. The Morgan fingerprint density at radius 3 is 2.46 bits per heavy atom. The third-order valence-electron chi connectivity index (χ3n) is 6.77. The highest BCUT2D eigenvalue weighted by atomic mass is 32.1. The van der Waals surface area contributed by atoms with Crippen LogP contribution in [-0.4, -0.2) is 32.9 Å². The molecule has 41 heavy (non-hydrogen) atoms. The van der Waals surface area contributed by atoms with Gasteiger partial charge in [0.15, 0.2) is 5.13 Å². The molecule has 1 unspecified atom stereocenters. The topological polar surface area (TPSA) is 117 Å². The van der Waals surface area contributed by atoms with Gasteiger partial charge in [-0.25, -0.2) is 9.78 Å². The number of hydrogen-bond acceptors (Lipinski definition) is 8. The van der Waals surface area contributed by atoms with Crippen LogP contribution in [0.15, 0.2) is 89.8 Å². The van der Waals surface area contributed by atoms with Gasteiger partial charge in [0.05, 0.1) is 21.4 Å². The Morgan fingerprint density at radius 2 is 1.76 bits per heavy atom. The summed E-state index contributed by atoms with van der Waals surface area (Å²) < 4.78 is 6.52. The van der Waals surface area contributed by atoms with Crippen molar-refractivity contribution in [2.45, 2.75) is 19.6 Å². The SMILES string of the molecule is Cc1cc(/C(O)=C2\C(=O)C(=O)N(c3nc4ccc(C(=O)O)cc4s3)C2c2cccs2)ccc1OCc1ccccc1. The summed E-state index contributed by atoms with van der Waals surface area (Å²) in [5, 5.41) is 22.9. The number of rotatable bonds is 7. The van der Waals surface area contributed by atoms with Gasteiger partial charge in [0.2, 0.25) is 0 Å². The van der Waals surface area contributed by atoms with E-state index < -0.39 is 23.7 Å². The lowest BCUT2D eigenvalue weighted by Gasteiger charge is -2.21. The number of ether oxygens (including phenoxy) is 1. The summed E-state index contributed by atoms with van der Waals surface area (Å²) in [6, 6.07) is 22.1. The Balaban J connectivity index is 1.39. The zero-order chi connectivity index (χ0) is 28.7. The van der Waals surface area contributed by atoms with E-state index in [0.29, 0.717) is 33.0 Å². The number of benzene rings is 3. The lowest BCUT2D eigenvalue weighted by Crippen LogP contribution is -2.28. The van der Waals surface area contributed by atoms with Gasteiger partial charge in [0, 0.05) is 10.4 Å². The number of aromatic nitrogens is 1. The number of hydrogen-bond donors (Lipinski definition) is 2. The third kappa shape index (κ3) is 4.88. The van der Waals surface area contributed by atoms with Crippen LogP contribution in [0.3, 0.4) is 0 Å². The maximum atomic E-state index is 13.4. The highest BCUT2D eigenvalue weighted by Crippen LogP contribution is 2.45. The van der Waals surface area contributed by atoms with Crippen molar-refractivity contribution < 1.29 is 29.3 Å². The smallest absolute Gasteiger partial charge is 0.335 e. The van der Waals surface area contributed by atoms with Crippen LogP contribution >= 0.6 is 22.7 Å². The molecule has 8 nitrogen and oxygen atoms in total. The Labute approximate surface area is 242 Å². The monoisotopic (exact) mass is 582 g/mol. The Bertz CT molecular complexity index is 1840. The third-order valence-corrected chi connectivity index (χ3v) is 8.72. The number of aliphatic hydroxyl groups is 1. The van der Waals surface area contributed by atoms with Gasteiger partial charge < -0.3 is 14.9 Å². The summed E-state index contributed by atoms with van der Waals surface area (Å²) in [6.07, 6.45) is 0. The first-order chi connectivity index (χ1) is 19.8. The Morgan fingerprint density at radius 1 is 0.976 bits per heavy atom. The minimum atomic E-state index is -1.08. The molecule has 5 aromatic rings. The molecule has 204 valence electrons. The average Bonchev–Trinajstić information content (AvgIpc) is 3.70. The molecule has 0 bridgehead atoms. The van der Waals surface area contributed by atoms with Gasteiger partial charge in [-0.05, 0) is 65.9 Å². The van der Waals surface area contributed by atoms with Crippen molar-refractivity contribution >= 4 is 61.4 Å². The molecule has 1 aliphatic heterocycles. The number of carboxylic acid groups (broad SMARTS) is 1. The normalized spacial score (nSPS) is 16.4. The number of carbonyl (C=O) groups is 3. The predicted octanol–water partition coefficient (Wildman–Crippen LogP) is 6.57. The van der Waals surface area contributed by atoms with Gasteiger partial charge in [-0.3, -0.25) is 14.5 Å². The van der Waals surface area contributed by atoms with Crippen LogP contribution in [0.25, 0.3) is 16.0 Å². The maximum Gasteiger partial charge on any atom is 0.335 e. The fourth-order valence-corrected chi connectivity index (χ4v) is 6.60. The summed E-state index contributed by atoms with van der Waals surface area (Å²) >= 11 is 2.46. The molecule has 1 amide bonds. The molecular formula is C31H22N2O6S2. The molecule has 1 fully saturated rings. The first kappa shape index (κ1) is 26.4. The fraction of sp³-hybridized carbons (Fsp3) is 0.0968. The Kier molecular flexibility index (Phi) is 6.86. The second-order valence-electron chi connectivity index (χ2n) is 9.42. The summed E-state index contributed by atoms with van der Waals surface area (Å²) in [5.41, 5.74) is 2.71. The first-order valence-corrected chi connectivity index (χ1v) is 14.3. The summed E-state index contributed by atoms with van der Waals surface area (Å²) in [5.74, 6) is -2.38. The molecular weight excluding hydrogens is 560 g/mol. The molecule has 0 saturated carbocycles. The number of carbonyl (C=O) groups excluding carboxylic acids is 2. The highest BCUT2D eigenvalue weighted by Gasteiger charge is 2.48. The van der Waals surface area contributed by atoms with Gasteiger partial charge in [-0.15, -0.1) is 11.3 Å². The number of fused-ring (bicyclic) bond motifs is 1. The average molecular weight is 583 g/mol. The van der Waals surface area contributed by atoms with E-state index in [0.717, 1.165) is 22.5 Å². The minimum absolute atomic E-state index is 0.0414. The lowest BCUT2D eigenvalue weighted by molar-refractivity contribution is -0.132. The van der Waals surface area contributed by atoms with Crippen molar-refractivity contribution in [3.8, 4) is 5.75 Å². The summed E-state index contributed by atoms with van der Waals surface area (Å²) in [7, 11) is 0. The molecule has 1 saturated heterocycles. The van der Waals surface area contributed by atoms with E-state index in [1.807, 2.05) is 42.6 Å². The van der Waals surface area contributed by atoms with Crippen molar-refractivity contribution in [2.75, 3.05) is 4.90 Å². The van der Waals surface area contributed by atoms with E-state index >= 15 is 0 Å². The molecule has 1 atom stereocenters. The van der Waals surface area contributed by atoms with Crippen molar-refractivity contribution in [1.82, 2.24) is 4.98 Å². The van der Waals surface area contributed by atoms with Gasteiger partial charge in [0.25, 0.3) is 5.78 Å². The quantitative estimate of drug-likeness (QED) is 0.127.